The second-order valence-corrected chi connectivity index (χ2v) is 11.1. The number of hydrogen-bond acceptors (Lipinski definition) is 4. The number of phenolic OH excluding ortho intramolecular Hbond substituents is 1. The summed E-state index contributed by atoms with van der Waals surface area (Å²) in [5.41, 5.74) is 6.74. The van der Waals surface area contributed by atoms with Crippen LogP contribution in [0, 0.1) is 5.92 Å². The van der Waals surface area contributed by atoms with Crippen molar-refractivity contribution in [2.45, 2.75) is 43.2 Å². The number of phenols is 1. The summed E-state index contributed by atoms with van der Waals surface area (Å²) in [7, 11) is 2.25. The lowest BCUT2D eigenvalue weighted by Crippen LogP contribution is -2.62. The van der Waals surface area contributed by atoms with Crippen LogP contribution in [0.1, 0.15) is 39.9 Å². The normalized spacial score (nSPS) is 26.9. The van der Waals surface area contributed by atoms with Gasteiger partial charge >= 0.3 is 0 Å². The Morgan fingerprint density at radius 2 is 1.84 bits per heavy atom. The predicted molar refractivity (Wildman–Crippen MR) is 144 cm³/mol. The van der Waals surface area contributed by atoms with Gasteiger partial charge in [-0.3, -0.25) is 4.79 Å². The highest BCUT2D eigenvalue weighted by atomic mass is 16.5. The maximum Gasteiger partial charge on any atom is 0.255 e. The largest absolute Gasteiger partial charge is 0.508 e. The Bertz CT molecular complexity index is 1390. The van der Waals surface area contributed by atoms with Gasteiger partial charge in [0.1, 0.15) is 17.6 Å². The fourth-order valence-electron chi connectivity index (χ4n) is 7.34. The van der Waals surface area contributed by atoms with Crippen molar-refractivity contribution >= 4 is 5.91 Å². The second-order valence-electron chi connectivity index (χ2n) is 11.1. The Morgan fingerprint density at radius 3 is 2.62 bits per heavy atom. The van der Waals surface area contributed by atoms with Gasteiger partial charge in [-0.1, -0.05) is 54.6 Å². The van der Waals surface area contributed by atoms with Crippen molar-refractivity contribution in [3.8, 4) is 22.6 Å². The van der Waals surface area contributed by atoms with E-state index >= 15 is 0 Å². The predicted octanol–water partition coefficient (Wildman–Crippen LogP) is 4.87. The topological polar surface area (TPSA) is 61.8 Å². The van der Waals surface area contributed by atoms with E-state index in [4.69, 9.17) is 4.74 Å². The number of likely N-dealkylation sites (tertiary alicyclic amines) is 1. The number of piperidine rings is 1. The van der Waals surface area contributed by atoms with Crippen LogP contribution in [0.3, 0.4) is 0 Å². The molecule has 2 aliphatic carbocycles. The Kier molecular flexibility index (Phi) is 5.19. The lowest BCUT2D eigenvalue weighted by molar-refractivity contribution is 0.00213. The number of carbonyl (C=O) groups excluding carboxylic acids is 1. The molecule has 5 heteroatoms. The number of carbonyl (C=O) groups is 1. The van der Waals surface area contributed by atoms with Crippen LogP contribution in [-0.2, 0) is 18.3 Å². The molecular weight excluding hydrogens is 460 g/mol. The highest BCUT2D eigenvalue weighted by Crippen LogP contribution is 2.61. The quantitative estimate of drug-likeness (QED) is 0.499. The number of likely N-dealkylation sites (N-methyl/N-ethyl adjacent to an activating group) is 1. The van der Waals surface area contributed by atoms with Crippen LogP contribution in [0.25, 0.3) is 11.1 Å². The van der Waals surface area contributed by atoms with Gasteiger partial charge in [0.25, 0.3) is 5.91 Å². The molecule has 3 aromatic carbocycles. The van der Waals surface area contributed by atoms with Crippen molar-refractivity contribution in [1.29, 1.82) is 0 Å². The average molecular weight is 493 g/mol. The molecule has 37 heavy (non-hydrogen) atoms. The van der Waals surface area contributed by atoms with E-state index in [1.165, 1.54) is 16.7 Å². The van der Waals surface area contributed by atoms with Crippen LogP contribution in [0.4, 0.5) is 0 Å². The highest BCUT2D eigenvalue weighted by molar-refractivity contribution is 5.98. The van der Waals surface area contributed by atoms with E-state index in [2.05, 4.69) is 59.7 Å². The Morgan fingerprint density at radius 1 is 1.08 bits per heavy atom. The molecule has 0 radical (unpaired) electrons. The lowest BCUT2D eigenvalue weighted by atomic mass is 9.53. The minimum atomic E-state index is -0.0480. The third-order valence-corrected chi connectivity index (χ3v) is 9.22. The molecule has 0 aromatic heterocycles. The first-order valence-corrected chi connectivity index (χ1v) is 13.4. The van der Waals surface area contributed by atoms with E-state index < -0.39 is 0 Å². The molecular formula is C32H32N2O3. The van der Waals surface area contributed by atoms with Crippen LogP contribution in [0.2, 0.25) is 0 Å². The minimum absolute atomic E-state index is 0.0182. The number of benzene rings is 3. The number of nitrogens with zero attached hydrogens (tertiary/aromatic N) is 1. The Labute approximate surface area is 217 Å². The summed E-state index contributed by atoms with van der Waals surface area (Å²) >= 11 is 0. The highest BCUT2D eigenvalue weighted by Gasteiger charge is 2.62. The first-order chi connectivity index (χ1) is 18.0. The average Bonchev–Trinajstić information content (AvgIpc) is 3.26. The number of ether oxygens (including phenoxy) is 1. The van der Waals surface area contributed by atoms with Crippen LogP contribution in [-0.4, -0.2) is 48.2 Å². The molecule has 2 N–H and O–H groups in total. The van der Waals surface area contributed by atoms with E-state index in [-0.39, 0.29) is 23.2 Å². The van der Waals surface area contributed by atoms with Crippen LogP contribution in [0.15, 0.2) is 72.8 Å². The molecule has 7 rings (SSSR count). The zero-order valence-corrected chi connectivity index (χ0v) is 21.1. The summed E-state index contributed by atoms with van der Waals surface area (Å²) in [5, 5.41) is 12.7. The van der Waals surface area contributed by atoms with Crippen LogP contribution < -0.4 is 10.1 Å². The van der Waals surface area contributed by atoms with Gasteiger partial charge in [-0.15, -0.1) is 0 Å². The van der Waals surface area contributed by atoms with Gasteiger partial charge in [0.2, 0.25) is 0 Å². The van der Waals surface area contributed by atoms with Gasteiger partial charge in [0.05, 0.1) is 5.56 Å². The van der Waals surface area contributed by atoms with Crippen molar-refractivity contribution in [3.05, 3.63) is 95.1 Å². The number of hydrogen-bond donors (Lipinski definition) is 2. The van der Waals surface area contributed by atoms with Crippen LogP contribution in [0.5, 0.6) is 11.5 Å². The van der Waals surface area contributed by atoms with E-state index in [0.717, 1.165) is 49.1 Å². The standard InChI is InChI=1S/C32H32N2O3/c1-34-18-16-32-26-3-2-4-28(32)37-30-25(14-11-23(29(30)32)19-27(26)34)31(36)33-17-15-20-5-7-21(8-6-20)22-9-12-24(35)13-10-22/h2-3,5-14,26-28,35H,4,15-19H2,1H3,(H,33,36)/t26-,27+,28-,32+/m0/s1. The van der Waals surface area contributed by atoms with Gasteiger partial charge < -0.3 is 20.1 Å². The third-order valence-electron chi connectivity index (χ3n) is 9.22. The minimum Gasteiger partial charge on any atom is -0.508 e. The molecule has 1 saturated heterocycles. The molecule has 2 aliphatic heterocycles. The molecule has 0 saturated carbocycles. The Balaban J connectivity index is 1.08. The summed E-state index contributed by atoms with van der Waals surface area (Å²) in [4.78, 5) is 15.9. The summed E-state index contributed by atoms with van der Waals surface area (Å²) in [6, 6.07) is 20.3. The summed E-state index contributed by atoms with van der Waals surface area (Å²) in [6.07, 6.45) is 8.64. The number of rotatable bonds is 5. The molecule has 2 bridgehead atoms. The maximum absolute atomic E-state index is 13.4. The van der Waals surface area contributed by atoms with Crippen molar-refractivity contribution in [3.63, 3.8) is 0 Å². The monoisotopic (exact) mass is 492 g/mol. The molecule has 1 fully saturated rings. The fraction of sp³-hybridized carbons (Fsp3) is 0.344. The van der Waals surface area contributed by atoms with E-state index in [1.807, 2.05) is 18.2 Å². The smallest absolute Gasteiger partial charge is 0.255 e. The summed E-state index contributed by atoms with van der Waals surface area (Å²) in [6.45, 7) is 1.65. The number of aromatic hydroxyl groups is 1. The number of nitrogens with one attached hydrogen (secondary N) is 1. The Hall–Kier alpha value is -3.57. The van der Waals surface area contributed by atoms with Gasteiger partial charge in [0.15, 0.2) is 0 Å². The van der Waals surface area contributed by atoms with E-state index in [1.54, 1.807) is 12.1 Å². The molecule has 0 unspecified atom stereocenters. The first-order valence-electron chi connectivity index (χ1n) is 13.4. The molecule has 1 spiro atoms. The number of amides is 1. The molecule has 3 aromatic rings. The molecule has 4 aliphatic rings. The molecule has 1 amide bonds. The van der Waals surface area contributed by atoms with Gasteiger partial charge in [-0.2, -0.15) is 0 Å². The van der Waals surface area contributed by atoms with Crippen molar-refractivity contribution in [2.24, 2.45) is 5.92 Å². The summed E-state index contributed by atoms with van der Waals surface area (Å²) < 4.78 is 6.65. The zero-order valence-electron chi connectivity index (χ0n) is 21.1. The van der Waals surface area contributed by atoms with Gasteiger partial charge in [-0.25, -0.2) is 0 Å². The molecule has 4 atom stereocenters. The van der Waals surface area contributed by atoms with Gasteiger partial charge in [-0.05, 0) is 73.3 Å². The van der Waals surface area contributed by atoms with E-state index in [9.17, 15) is 9.90 Å². The maximum atomic E-state index is 13.4. The SMILES string of the molecule is CN1CC[C@]23c4c5ccc(C(=O)NCCc6ccc(-c7ccc(O)cc7)cc6)c4O[C@H]2CC=C[C@H]3[C@H]1C5. The molecule has 188 valence electrons. The molecule has 2 heterocycles. The van der Waals surface area contributed by atoms with Crippen molar-refractivity contribution in [2.75, 3.05) is 20.1 Å². The van der Waals surface area contributed by atoms with Gasteiger partial charge in [0, 0.05) is 35.9 Å². The van der Waals surface area contributed by atoms with Crippen molar-refractivity contribution < 1.29 is 14.6 Å². The lowest BCUT2D eigenvalue weighted by Gasteiger charge is -2.55. The molecule has 5 nitrogen and oxygen atoms in total. The third kappa shape index (κ3) is 3.44. The zero-order chi connectivity index (χ0) is 25.1. The fourth-order valence-corrected chi connectivity index (χ4v) is 7.34. The van der Waals surface area contributed by atoms with Crippen LogP contribution >= 0.6 is 0 Å². The van der Waals surface area contributed by atoms with E-state index in [0.29, 0.717) is 24.1 Å². The first kappa shape index (κ1) is 22.6. The second kappa shape index (κ2) is 8.49. The summed E-state index contributed by atoms with van der Waals surface area (Å²) in [5.74, 6) is 1.52. The van der Waals surface area contributed by atoms with Crippen molar-refractivity contribution in [1.82, 2.24) is 10.2 Å².